The van der Waals surface area contributed by atoms with Gasteiger partial charge in [0.1, 0.15) is 0 Å². The summed E-state index contributed by atoms with van der Waals surface area (Å²) in [5.74, 6) is -0.338. The highest BCUT2D eigenvalue weighted by molar-refractivity contribution is 9.10. The van der Waals surface area contributed by atoms with E-state index in [-0.39, 0.29) is 17.6 Å². The van der Waals surface area contributed by atoms with Gasteiger partial charge in [-0.15, -0.1) is 0 Å². The zero-order valence-electron chi connectivity index (χ0n) is 12.5. The van der Waals surface area contributed by atoms with E-state index in [1.807, 2.05) is 18.2 Å². The molecule has 0 aliphatic carbocycles. The molecule has 3 aromatic rings. The Kier molecular flexibility index (Phi) is 4.77. The van der Waals surface area contributed by atoms with Gasteiger partial charge in [-0.3, -0.25) is 9.59 Å². The number of nitrogens with one attached hydrogen (secondary N) is 2. The van der Waals surface area contributed by atoms with Gasteiger partial charge in [0.05, 0.1) is 6.26 Å². The van der Waals surface area contributed by atoms with Crippen molar-refractivity contribution in [3.05, 3.63) is 82.7 Å². The summed E-state index contributed by atoms with van der Waals surface area (Å²) in [5.41, 5.74) is 1.77. The van der Waals surface area contributed by atoms with Crippen LogP contribution in [0.25, 0.3) is 0 Å². The van der Waals surface area contributed by atoms with Crippen LogP contribution in [0, 0.1) is 0 Å². The average molecular weight is 385 g/mol. The first-order valence-corrected chi connectivity index (χ1v) is 7.93. The number of amides is 2. The normalized spacial score (nSPS) is 10.2. The maximum atomic E-state index is 12.2. The Hall–Kier alpha value is -2.86. The van der Waals surface area contributed by atoms with Gasteiger partial charge >= 0.3 is 0 Å². The van der Waals surface area contributed by atoms with Crippen molar-refractivity contribution in [3.8, 4) is 0 Å². The van der Waals surface area contributed by atoms with E-state index in [2.05, 4.69) is 26.6 Å². The quantitative estimate of drug-likeness (QED) is 0.692. The molecule has 3 rings (SSSR count). The molecule has 120 valence electrons. The fraction of sp³-hybridized carbons (Fsp3) is 0. The van der Waals surface area contributed by atoms with Gasteiger partial charge in [0.15, 0.2) is 5.76 Å². The zero-order valence-corrected chi connectivity index (χ0v) is 14.0. The maximum Gasteiger partial charge on any atom is 0.291 e. The molecule has 0 atom stereocenters. The van der Waals surface area contributed by atoms with Gasteiger partial charge in [0.25, 0.3) is 11.8 Å². The smallest absolute Gasteiger partial charge is 0.291 e. The first-order chi connectivity index (χ1) is 11.6. The highest BCUT2D eigenvalue weighted by Gasteiger charge is 2.10. The molecule has 0 saturated heterocycles. The number of benzene rings is 2. The number of anilines is 2. The minimum atomic E-state index is -0.341. The highest BCUT2D eigenvalue weighted by atomic mass is 79.9. The van der Waals surface area contributed by atoms with Crippen molar-refractivity contribution in [1.82, 2.24) is 0 Å². The van der Waals surface area contributed by atoms with Crippen LogP contribution in [0.5, 0.6) is 0 Å². The van der Waals surface area contributed by atoms with Gasteiger partial charge in [-0.05, 0) is 54.6 Å². The molecule has 0 aliphatic rings. The summed E-state index contributed by atoms with van der Waals surface area (Å²) >= 11 is 3.36. The van der Waals surface area contributed by atoms with Crippen molar-refractivity contribution in [3.63, 3.8) is 0 Å². The molecule has 2 aromatic carbocycles. The monoisotopic (exact) mass is 384 g/mol. The Labute approximate surface area is 146 Å². The van der Waals surface area contributed by atoms with Crippen LogP contribution < -0.4 is 10.6 Å². The van der Waals surface area contributed by atoms with Gasteiger partial charge in [0, 0.05) is 21.4 Å². The summed E-state index contributed by atoms with van der Waals surface area (Å²) in [6.45, 7) is 0. The third kappa shape index (κ3) is 3.91. The van der Waals surface area contributed by atoms with Gasteiger partial charge in [-0.25, -0.2) is 0 Å². The summed E-state index contributed by atoms with van der Waals surface area (Å²) in [6.07, 6.45) is 1.43. The van der Waals surface area contributed by atoms with E-state index in [1.54, 1.807) is 42.5 Å². The molecule has 5 nitrogen and oxygen atoms in total. The molecule has 6 heteroatoms. The summed E-state index contributed by atoms with van der Waals surface area (Å²) in [6, 6.07) is 17.2. The number of halogens is 1. The zero-order chi connectivity index (χ0) is 16.9. The molecule has 2 N–H and O–H groups in total. The number of rotatable bonds is 4. The highest BCUT2D eigenvalue weighted by Crippen LogP contribution is 2.17. The van der Waals surface area contributed by atoms with Crippen LogP contribution in [-0.4, -0.2) is 11.8 Å². The maximum absolute atomic E-state index is 12.2. The average Bonchev–Trinajstić information content (AvgIpc) is 3.10. The summed E-state index contributed by atoms with van der Waals surface area (Å²) < 4.78 is 5.91. The Morgan fingerprint density at radius 3 is 2.25 bits per heavy atom. The molecule has 2 amide bonds. The number of hydrogen-bond acceptors (Lipinski definition) is 3. The largest absolute Gasteiger partial charge is 0.459 e. The lowest BCUT2D eigenvalue weighted by Gasteiger charge is -2.07. The predicted octanol–water partition coefficient (Wildman–Crippen LogP) is 4.55. The molecule has 0 unspecified atom stereocenters. The van der Waals surface area contributed by atoms with Crippen LogP contribution in [0.2, 0.25) is 0 Å². The molecule has 1 aromatic heterocycles. The first-order valence-electron chi connectivity index (χ1n) is 7.14. The van der Waals surface area contributed by atoms with Crippen molar-refractivity contribution >= 4 is 39.1 Å². The number of carbonyl (C=O) groups is 2. The molecular weight excluding hydrogens is 372 g/mol. The topological polar surface area (TPSA) is 71.3 Å². The van der Waals surface area contributed by atoms with E-state index in [1.165, 1.54) is 6.26 Å². The summed E-state index contributed by atoms with van der Waals surface area (Å²) in [5, 5.41) is 5.51. The minimum Gasteiger partial charge on any atom is -0.459 e. The SMILES string of the molecule is O=C(Nc1cccc(Br)c1)c1ccc(NC(=O)c2ccco2)cc1. The second-order valence-electron chi connectivity index (χ2n) is 4.97. The second kappa shape index (κ2) is 7.14. The first kappa shape index (κ1) is 16.0. The Balaban J connectivity index is 1.65. The minimum absolute atomic E-state index is 0.225. The lowest BCUT2D eigenvalue weighted by atomic mass is 10.2. The summed E-state index contributed by atoms with van der Waals surface area (Å²) in [7, 11) is 0. The Morgan fingerprint density at radius 2 is 1.58 bits per heavy atom. The van der Waals surface area contributed by atoms with Crippen LogP contribution in [0.4, 0.5) is 11.4 Å². The lowest BCUT2D eigenvalue weighted by Crippen LogP contribution is -2.13. The third-order valence-corrected chi connectivity index (χ3v) is 3.73. The van der Waals surface area contributed by atoms with Gasteiger partial charge in [-0.2, -0.15) is 0 Å². The van der Waals surface area contributed by atoms with E-state index in [0.717, 1.165) is 4.47 Å². The van der Waals surface area contributed by atoms with E-state index < -0.39 is 0 Å². The number of furan rings is 1. The van der Waals surface area contributed by atoms with Crippen molar-refractivity contribution in [2.24, 2.45) is 0 Å². The molecule has 0 fully saturated rings. The van der Waals surface area contributed by atoms with Gasteiger partial charge in [0.2, 0.25) is 0 Å². The van der Waals surface area contributed by atoms with Gasteiger partial charge < -0.3 is 15.1 Å². The standard InChI is InChI=1S/C18H13BrN2O3/c19-13-3-1-4-15(11-13)21-17(22)12-6-8-14(9-7-12)20-18(23)16-5-2-10-24-16/h1-11H,(H,20,23)(H,21,22). The molecule has 1 heterocycles. The van der Waals surface area contributed by atoms with E-state index >= 15 is 0 Å². The molecular formula is C18H13BrN2O3. The van der Waals surface area contributed by atoms with Crippen LogP contribution in [0.3, 0.4) is 0 Å². The summed E-state index contributed by atoms with van der Waals surface area (Å²) in [4.78, 5) is 24.1. The van der Waals surface area contributed by atoms with Crippen LogP contribution in [-0.2, 0) is 0 Å². The van der Waals surface area contributed by atoms with Crippen LogP contribution in [0.15, 0.2) is 75.8 Å². The number of hydrogen-bond donors (Lipinski definition) is 2. The van der Waals surface area contributed by atoms with Crippen LogP contribution in [0.1, 0.15) is 20.9 Å². The third-order valence-electron chi connectivity index (χ3n) is 3.23. The van der Waals surface area contributed by atoms with Crippen molar-refractivity contribution in [1.29, 1.82) is 0 Å². The van der Waals surface area contributed by atoms with E-state index in [9.17, 15) is 9.59 Å². The molecule has 0 saturated carbocycles. The Bertz CT molecular complexity index is 858. The number of carbonyl (C=O) groups excluding carboxylic acids is 2. The molecule has 24 heavy (non-hydrogen) atoms. The van der Waals surface area contributed by atoms with Crippen LogP contribution >= 0.6 is 15.9 Å². The van der Waals surface area contributed by atoms with Crippen molar-refractivity contribution in [2.75, 3.05) is 10.6 Å². The van der Waals surface area contributed by atoms with Crippen molar-refractivity contribution < 1.29 is 14.0 Å². The van der Waals surface area contributed by atoms with Crippen molar-refractivity contribution in [2.45, 2.75) is 0 Å². The predicted molar refractivity (Wildman–Crippen MR) is 95.2 cm³/mol. The second-order valence-corrected chi connectivity index (χ2v) is 5.89. The van der Waals surface area contributed by atoms with E-state index in [0.29, 0.717) is 16.9 Å². The lowest BCUT2D eigenvalue weighted by molar-refractivity contribution is 0.0995. The fourth-order valence-corrected chi connectivity index (χ4v) is 2.47. The fourth-order valence-electron chi connectivity index (χ4n) is 2.07. The van der Waals surface area contributed by atoms with Gasteiger partial charge in [-0.1, -0.05) is 22.0 Å². The van der Waals surface area contributed by atoms with E-state index in [4.69, 9.17) is 4.42 Å². The molecule has 0 aliphatic heterocycles. The molecule has 0 spiro atoms. The Morgan fingerprint density at radius 1 is 0.833 bits per heavy atom. The molecule has 0 bridgehead atoms. The molecule has 0 radical (unpaired) electrons.